The van der Waals surface area contributed by atoms with Crippen LogP contribution in [0.15, 0.2) is 17.1 Å². The van der Waals surface area contributed by atoms with Gasteiger partial charge in [0.1, 0.15) is 0 Å². The van der Waals surface area contributed by atoms with Gasteiger partial charge in [-0.15, -0.1) is 0 Å². The van der Waals surface area contributed by atoms with Gasteiger partial charge in [-0.3, -0.25) is 9.59 Å². The summed E-state index contributed by atoms with van der Waals surface area (Å²) in [6.45, 7) is 5.83. The summed E-state index contributed by atoms with van der Waals surface area (Å²) >= 11 is 0. The Balaban J connectivity index is 2.78. The van der Waals surface area contributed by atoms with Gasteiger partial charge in [0.15, 0.2) is 18.1 Å². The first-order valence-corrected chi connectivity index (χ1v) is 6.88. The van der Waals surface area contributed by atoms with Crippen LogP contribution in [0.4, 0.5) is 0 Å². The van der Waals surface area contributed by atoms with Crippen LogP contribution in [0, 0.1) is 5.41 Å². The molecule has 0 atom stereocenters. The maximum atomic E-state index is 12.3. The second-order valence-electron chi connectivity index (χ2n) is 4.49. The lowest BCUT2D eigenvalue weighted by Crippen LogP contribution is -2.42. The van der Waals surface area contributed by atoms with Crippen molar-refractivity contribution in [1.29, 1.82) is 0 Å². The maximum Gasteiger partial charge on any atom is 0.330 e. The first-order chi connectivity index (χ1) is 9.60. The summed E-state index contributed by atoms with van der Waals surface area (Å²) in [6, 6.07) is 0. The fraction of sp³-hybridized carbons (Fsp3) is 0.643. The highest BCUT2D eigenvalue weighted by atomic mass is 16.6. The lowest BCUT2D eigenvalue weighted by molar-refractivity contribution is -0.168. The summed E-state index contributed by atoms with van der Waals surface area (Å²) in [4.78, 5) is 28.2. The van der Waals surface area contributed by atoms with Gasteiger partial charge in [-0.1, -0.05) is 27.2 Å². The Morgan fingerprint density at radius 3 is 2.45 bits per heavy atom. The Bertz CT molecular complexity index is 423. The Hall–Kier alpha value is -1.85. The van der Waals surface area contributed by atoms with Crippen molar-refractivity contribution in [2.24, 2.45) is 5.41 Å². The molecule has 0 aliphatic heterocycles. The van der Waals surface area contributed by atoms with Gasteiger partial charge in [0.2, 0.25) is 0 Å². The molecule has 1 aromatic heterocycles. The average Bonchev–Trinajstić information content (AvgIpc) is 2.94. The normalized spacial score (nSPS) is 11.2. The zero-order chi connectivity index (χ0) is 15.0. The van der Waals surface area contributed by atoms with E-state index in [0.717, 1.165) is 19.2 Å². The molecule has 1 rings (SSSR count). The minimum atomic E-state index is -1.29. The number of hydrogen-bond donors (Lipinski definition) is 0. The van der Waals surface area contributed by atoms with Crippen LogP contribution in [0.1, 0.15) is 46.5 Å². The van der Waals surface area contributed by atoms with Crippen LogP contribution in [0.25, 0.3) is 0 Å². The van der Waals surface area contributed by atoms with Gasteiger partial charge < -0.3 is 13.9 Å². The summed E-state index contributed by atoms with van der Waals surface area (Å²) < 4.78 is 15.0. The van der Waals surface area contributed by atoms with Crippen molar-refractivity contribution in [3.63, 3.8) is 0 Å². The third kappa shape index (κ3) is 3.59. The number of ether oxygens (including phenoxy) is 2. The summed E-state index contributed by atoms with van der Waals surface area (Å²) in [5, 5.41) is 0. The quantitative estimate of drug-likeness (QED) is 0.414. The van der Waals surface area contributed by atoms with Crippen LogP contribution in [0.5, 0.6) is 5.88 Å². The summed E-state index contributed by atoms with van der Waals surface area (Å²) in [5.74, 6) is -1.15. The number of hydrogen-bond acceptors (Lipinski definition) is 6. The lowest BCUT2D eigenvalue weighted by atomic mass is 9.82. The molecule has 0 saturated carbocycles. The fourth-order valence-corrected chi connectivity index (χ4v) is 1.80. The minimum Gasteiger partial charge on any atom is -0.465 e. The van der Waals surface area contributed by atoms with E-state index in [-0.39, 0.29) is 5.88 Å². The van der Waals surface area contributed by atoms with E-state index in [0.29, 0.717) is 19.4 Å². The van der Waals surface area contributed by atoms with Gasteiger partial charge in [-0.25, -0.2) is 0 Å². The number of esters is 2. The van der Waals surface area contributed by atoms with Crippen molar-refractivity contribution in [3.8, 4) is 5.88 Å². The minimum absolute atomic E-state index is 0.0441. The molecule has 1 heterocycles. The van der Waals surface area contributed by atoms with Crippen LogP contribution in [-0.4, -0.2) is 23.5 Å². The predicted molar refractivity (Wildman–Crippen MR) is 71.0 cm³/mol. The second kappa shape index (κ2) is 7.67. The highest BCUT2D eigenvalue weighted by Crippen LogP contribution is 2.30. The molecule has 6 nitrogen and oxygen atoms in total. The first-order valence-electron chi connectivity index (χ1n) is 6.88. The lowest BCUT2D eigenvalue weighted by Gasteiger charge is -2.26. The summed E-state index contributed by atoms with van der Waals surface area (Å²) in [7, 11) is 0. The number of unbranched alkanes of at least 4 members (excludes halogenated alkanes) is 1. The number of aromatic nitrogens is 1. The molecular weight excluding hydrogens is 262 g/mol. The molecule has 112 valence electrons. The molecule has 0 radical (unpaired) electrons. The molecule has 0 aliphatic carbocycles. The van der Waals surface area contributed by atoms with Gasteiger partial charge in [0, 0.05) is 0 Å². The van der Waals surface area contributed by atoms with Crippen LogP contribution in [0.2, 0.25) is 0 Å². The zero-order valence-corrected chi connectivity index (χ0v) is 12.2. The van der Waals surface area contributed by atoms with E-state index in [1.807, 2.05) is 6.92 Å². The monoisotopic (exact) mass is 283 g/mol. The summed E-state index contributed by atoms with van der Waals surface area (Å²) in [6.07, 6.45) is 4.67. The van der Waals surface area contributed by atoms with Crippen molar-refractivity contribution in [2.75, 3.05) is 6.61 Å². The molecule has 0 bridgehead atoms. The molecule has 20 heavy (non-hydrogen) atoms. The molecule has 0 fully saturated rings. The Labute approximate surface area is 118 Å². The largest absolute Gasteiger partial charge is 0.465 e. The Kier molecular flexibility index (Phi) is 6.21. The standard InChI is InChI=1S/C14H21NO5/c1-4-7-8-19-12(16)14(5-2,6-3)13(17)20-11-9-18-10-15-11/h9-10H,4-8H2,1-3H3. The molecule has 0 N–H and O–H groups in total. The van der Waals surface area contributed by atoms with Crippen LogP contribution in [0.3, 0.4) is 0 Å². The third-order valence-electron chi connectivity index (χ3n) is 3.33. The van der Waals surface area contributed by atoms with Crippen LogP contribution < -0.4 is 4.74 Å². The Morgan fingerprint density at radius 2 is 1.95 bits per heavy atom. The predicted octanol–water partition coefficient (Wildman–Crippen LogP) is 2.73. The fourth-order valence-electron chi connectivity index (χ4n) is 1.80. The van der Waals surface area contributed by atoms with E-state index in [1.54, 1.807) is 13.8 Å². The van der Waals surface area contributed by atoms with E-state index >= 15 is 0 Å². The molecule has 6 heteroatoms. The highest BCUT2D eigenvalue weighted by molar-refractivity contribution is 6.00. The van der Waals surface area contributed by atoms with Crippen molar-refractivity contribution in [2.45, 2.75) is 46.5 Å². The van der Waals surface area contributed by atoms with Crippen LogP contribution >= 0.6 is 0 Å². The third-order valence-corrected chi connectivity index (χ3v) is 3.33. The molecule has 1 aromatic rings. The molecule has 0 saturated heterocycles. The van der Waals surface area contributed by atoms with E-state index in [9.17, 15) is 9.59 Å². The average molecular weight is 283 g/mol. The molecule has 0 aromatic carbocycles. The number of carbonyl (C=O) groups is 2. The molecule has 0 unspecified atom stereocenters. The van der Waals surface area contributed by atoms with Gasteiger partial charge in [-0.05, 0) is 19.3 Å². The smallest absolute Gasteiger partial charge is 0.330 e. The summed E-state index contributed by atoms with van der Waals surface area (Å²) in [5.41, 5.74) is -1.29. The Morgan fingerprint density at radius 1 is 1.25 bits per heavy atom. The van der Waals surface area contributed by atoms with Gasteiger partial charge in [-0.2, -0.15) is 4.98 Å². The van der Waals surface area contributed by atoms with Crippen molar-refractivity contribution >= 4 is 11.9 Å². The van der Waals surface area contributed by atoms with Crippen molar-refractivity contribution in [3.05, 3.63) is 12.7 Å². The zero-order valence-electron chi connectivity index (χ0n) is 12.2. The first kappa shape index (κ1) is 16.2. The van der Waals surface area contributed by atoms with E-state index in [4.69, 9.17) is 13.9 Å². The van der Waals surface area contributed by atoms with E-state index < -0.39 is 17.4 Å². The number of rotatable bonds is 8. The SMILES string of the molecule is CCCCOC(=O)C(CC)(CC)C(=O)Oc1cocn1. The molecule has 0 spiro atoms. The maximum absolute atomic E-state index is 12.3. The molecule has 0 aliphatic rings. The molecular formula is C14H21NO5. The molecule has 0 amide bonds. The van der Waals surface area contributed by atoms with Crippen LogP contribution in [-0.2, 0) is 14.3 Å². The van der Waals surface area contributed by atoms with E-state index in [2.05, 4.69) is 4.98 Å². The highest BCUT2D eigenvalue weighted by Gasteiger charge is 2.46. The van der Waals surface area contributed by atoms with Gasteiger partial charge >= 0.3 is 11.9 Å². The van der Waals surface area contributed by atoms with Gasteiger partial charge in [0.05, 0.1) is 6.61 Å². The number of carbonyl (C=O) groups excluding carboxylic acids is 2. The van der Waals surface area contributed by atoms with Gasteiger partial charge in [0.25, 0.3) is 5.88 Å². The second-order valence-corrected chi connectivity index (χ2v) is 4.49. The van der Waals surface area contributed by atoms with E-state index in [1.165, 1.54) is 6.26 Å². The van der Waals surface area contributed by atoms with Crippen molar-refractivity contribution < 1.29 is 23.5 Å². The number of nitrogens with zero attached hydrogens (tertiary/aromatic N) is 1. The topological polar surface area (TPSA) is 78.6 Å². The van der Waals surface area contributed by atoms with Crippen molar-refractivity contribution in [1.82, 2.24) is 4.98 Å². The number of oxazole rings is 1.